The Kier molecular flexibility index (Phi) is 4.52. The highest BCUT2D eigenvalue weighted by Gasteiger charge is 2.30. The first-order chi connectivity index (χ1) is 12.3. The van der Waals surface area contributed by atoms with Gasteiger partial charge in [-0.3, -0.25) is 9.36 Å². The Morgan fingerprint density at radius 2 is 1.76 bits per heavy atom. The second kappa shape index (κ2) is 7.11. The summed E-state index contributed by atoms with van der Waals surface area (Å²) in [5.74, 6) is 0.0290. The maximum atomic E-state index is 12.8. The van der Waals surface area contributed by atoms with E-state index < -0.39 is 0 Å². The highest BCUT2D eigenvalue weighted by atomic mass is 32.2. The molecule has 6 heteroatoms. The predicted molar refractivity (Wildman–Crippen MR) is 97.6 cm³/mol. The average Bonchev–Trinajstić information content (AvgIpc) is 3.35. The van der Waals surface area contributed by atoms with Gasteiger partial charge in [-0.1, -0.05) is 60.3 Å². The van der Waals surface area contributed by atoms with Crippen molar-refractivity contribution in [1.29, 1.82) is 0 Å². The quantitative estimate of drug-likeness (QED) is 0.693. The smallest absolute Gasteiger partial charge is 0.238 e. The summed E-state index contributed by atoms with van der Waals surface area (Å²) >= 11 is 1.43. The first kappa shape index (κ1) is 15.9. The van der Waals surface area contributed by atoms with Gasteiger partial charge < -0.3 is 5.32 Å². The third-order valence-electron chi connectivity index (χ3n) is 4.04. The number of aromatic nitrogens is 3. The summed E-state index contributed by atoms with van der Waals surface area (Å²) < 4.78 is 1.91. The first-order valence-corrected chi connectivity index (χ1v) is 9.16. The lowest BCUT2D eigenvalue weighted by atomic mass is 10.1. The molecular formula is C19H18N4OS. The monoisotopic (exact) mass is 350 g/mol. The molecule has 0 spiro atoms. The molecule has 3 aromatic rings. The number of nitrogens with one attached hydrogen (secondary N) is 1. The SMILES string of the molecule is O=C(NC1CC1)[C@@H](Sc1nncn1-c1ccccc1)c1ccccc1. The summed E-state index contributed by atoms with van der Waals surface area (Å²) in [5.41, 5.74) is 1.94. The van der Waals surface area contributed by atoms with E-state index in [1.165, 1.54) is 11.8 Å². The van der Waals surface area contributed by atoms with E-state index in [9.17, 15) is 4.79 Å². The predicted octanol–water partition coefficient (Wildman–Crippen LogP) is 3.38. The van der Waals surface area contributed by atoms with Gasteiger partial charge in [0.2, 0.25) is 5.91 Å². The molecule has 0 saturated heterocycles. The van der Waals surface area contributed by atoms with Crippen molar-refractivity contribution in [2.75, 3.05) is 0 Å². The number of carbonyl (C=O) groups excluding carboxylic acids is 1. The van der Waals surface area contributed by atoms with Gasteiger partial charge in [0.05, 0.1) is 0 Å². The zero-order valence-corrected chi connectivity index (χ0v) is 14.4. The van der Waals surface area contributed by atoms with Crippen LogP contribution < -0.4 is 5.32 Å². The number of amides is 1. The highest BCUT2D eigenvalue weighted by molar-refractivity contribution is 8.00. The van der Waals surface area contributed by atoms with Crippen LogP contribution in [-0.4, -0.2) is 26.7 Å². The minimum atomic E-state index is -0.353. The van der Waals surface area contributed by atoms with E-state index in [0.29, 0.717) is 11.2 Å². The third kappa shape index (κ3) is 3.74. The van der Waals surface area contributed by atoms with Gasteiger partial charge in [0.15, 0.2) is 5.16 Å². The fraction of sp³-hybridized carbons (Fsp3) is 0.211. The Bertz CT molecular complexity index is 846. The number of thioether (sulfide) groups is 1. The van der Waals surface area contributed by atoms with Crippen LogP contribution in [-0.2, 0) is 4.79 Å². The molecule has 4 rings (SSSR count). The Balaban J connectivity index is 1.63. The van der Waals surface area contributed by atoms with Crippen molar-refractivity contribution in [2.24, 2.45) is 0 Å². The molecule has 0 aliphatic heterocycles. The van der Waals surface area contributed by atoms with Crippen molar-refractivity contribution >= 4 is 17.7 Å². The maximum absolute atomic E-state index is 12.8. The minimum absolute atomic E-state index is 0.0290. The van der Waals surface area contributed by atoms with Crippen LogP contribution in [0.1, 0.15) is 23.7 Å². The summed E-state index contributed by atoms with van der Waals surface area (Å²) in [7, 11) is 0. The van der Waals surface area contributed by atoms with Gasteiger partial charge in [-0.15, -0.1) is 10.2 Å². The molecule has 0 unspecified atom stereocenters. The number of hydrogen-bond acceptors (Lipinski definition) is 4. The molecule has 1 atom stereocenters. The van der Waals surface area contributed by atoms with Crippen molar-refractivity contribution in [3.63, 3.8) is 0 Å². The number of carbonyl (C=O) groups is 1. The molecule has 1 heterocycles. The van der Waals surface area contributed by atoms with Crippen LogP contribution in [0.15, 0.2) is 72.1 Å². The summed E-state index contributed by atoms with van der Waals surface area (Å²) in [6.07, 6.45) is 3.81. The molecule has 5 nitrogen and oxygen atoms in total. The molecule has 1 fully saturated rings. The lowest BCUT2D eigenvalue weighted by molar-refractivity contribution is -0.120. The van der Waals surface area contributed by atoms with Crippen LogP contribution in [0.4, 0.5) is 0 Å². The fourth-order valence-corrected chi connectivity index (χ4v) is 3.62. The topological polar surface area (TPSA) is 59.8 Å². The lowest BCUT2D eigenvalue weighted by Crippen LogP contribution is -2.29. The molecule has 25 heavy (non-hydrogen) atoms. The first-order valence-electron chi connectivity index (χ1n) is 8.29. The normalized spacial score (nSPS) is 14.9. The molecular weight excluding hydrogens is 332 g/mol. The molecule has 0 bridgehead atoms. The van der Waals surface area contributed by atoms with E-state index in [1.54, 1.807) is 6.33 Å². The van der Waals surface area contributed by atoms with E-state index in [1.807, 2.05) is 65.2 Å². The lowest BCUT2D eigenvalue weighted by Gasteiger charge is -2.16. The Morgan fingerprint density at radius 3 is 2.44 bits per heavy atom. The van der Waals surface area contributed by atoms with Crippen molar-refractivity contribution < 1.29 is 4.79 Å². The van der Waals surface area contributed by atoms with Gasteiger partial charge >= 0.3 is 0 Å². The highest BCUT2D eigenvalue weighted by Crippen LogP contribution is 2.36. The van der Waals surface area contributed by atoms with Gasteiger partial charge in [-0.05, 0) is 30.5 Å². The number of hydrogen-bond donors (Lipinski definition) is 1. The number of nitrogens with zero attached hydrogens (tertiary/aromatic N) is 3. The standard InChI is InChI=1S/C19H18N4OS/c24-18(21-15-11-12-15)17(14-7-3-1-4-8-14)25-19-22-20-13-23(19)16-9-5-2-6-10-16/h1-10,13,15,17H,11-12H2,(H,21,24)/t17-/m0/s1. The van der Waals surface area contributed by atoms with Crippen LogP contribution >= 0.6 is 11.8 Å². The largest absolute Gasteiger partial charge is 0.352 e. The third-order valence-corrected chi connectivity index (χ3v) is 5.25. The summed E-state index contributed by atoms with van der Waals surface area (Å²) in [6.45, 7) is 0. The molecule has 1 amide bonds. The molecule has 2 aromatic carbocycles. The maximum Gasteiger partial charge on any atom is 0.238 e. The fourth-order valence-electron chi connectivity index (χ4n) is 2.58. The van der Waals surface area contributed by atoms with E-state index in [2.05, 4.69) is 15.5 Å². The molecule has 1 aromatic heterocycles. The van der Waals surface area contributed by atoms with Crippen LogP contribution in [0.25, 0.3) is 5.69 Å². The minimum Gasteiger partial charge on any atom is -0.352 e. The second-order valence-corrected chi connectivity index (χ2v) is 7.08. The van der Waals surface area contributed by atoms with Gasteiger partial charge in [-0.25, -0.2) is 0 Å². The Hall–Kier alpha value is -2.60. The average molecular weight is 350 g/mol. The van der Waals surface area contributed by atoms with Gasteiger partial charge in [0.25, 0.3) is 0 Å². The number of rotatable bonds is 6. The number of benzene rings is 2. The van der Waals surface area contributed by atoms with Crippen molar-refractivity contribution in [1.82, 2.24) is 20.1 Å². The van der Waals surface area contributed by atoms with Gasteiger partial charge in [0, 0.05) is 11.7 Å². The van der Waals surface area contributed by atoms with Crippen LogP contribution in [0, 0.1) is 0 Å². The van der Waals surface area contributed by atoms with E-state index in [4.69, 9.17) is 0 Å². The van der Waals surface area contributed by atoms with Gasteiger partial charge in [0.1, 0.15) is 11.6 Å². The molecule has 0 radical (unpaired) electrons. The Morgan fingerprint density at radius 1 is 1.08 bits per heavy atom. The Labute approximate surface area is 150 Å². The zero-order chi connectivity index (χ0) is 17.1. The summed E-state index contributed by atoms with van der Waals surface area (Å²) in [4.78, 5) is 12.8. The van der Waals surface area contributed by atoms with E-state index in [0.717, 1.165) is 24.1 Å². The molecule has 1 saturated carbocycles. The zero-order valence-electron chi connectivity index (χ0n) is 13.6. The van der Waals surface area contributed by atoms with Crippen LogP contribution in [0.3, 0.4) is 0 Å². The summed E-state index contributed by atoms with van der Waals surface area (Å²) in [5, 5.41) is 11.7. The van der Waals surface area contributed by atoms with Crippen molar-refractivity contribution in [3.05, 3.63) is 72.6 Å². The van der Waals surface area contributed by atoms with Gasteiger partial charge in [-0.2, -0.15) is 0 Å². The molecule has 126 valence electrons. The molecule has 1 aliphatic carbocycles. The van der Waals surface area contributed by atoms with E-state index >= 15 is 0 Å². The van der Waals surface area contributed by atoms with Crippen LogP contribution in [0.2, 0.25) is 0 Å². The summed E-state index contributed by atoms with van der Waals surface area (Å²) in [6, 6.07) is 20.0. The molecule has 1 N–H and O–H groups in total. The number of para-hydroxylation sites is 1. The molecule has 1 aliphatic rings. The second-order valence-electron chi connectivity index (χ2n) is 6.01. The van der Waals surface area contributed by atoms with Crippen molar-refractivity contribution in [3.8, 4) is 5.69 Å². The van der Waals surface area contributed by atoms with E-state index in [-0.39, 0.29) is 11.2 Å². The van der Waals surface area contributed by atoms with Crippen LogP contribution in [0.5, 0.6) is 0 Å². The van der Waals surface area contributed by atoms with Crippen molar-refractivity contribution in [2.45, 2.75) is 29.3 Å².